The van der Waals surface area contributed by atoms with Crippen molar-refractivity contribution in [2.24, 2.45) is 0 Å². The molecular weight excluding hydrogens is 203 g/mol. The molecule has 0 atom stereocenters. The molecule has 0 spiro atoms. The predicted molar refractivity (Wildman–Crippen MR) is 79.1 cm³/mol. The summed E-state index contributed by atoms with van der Waals surface area (Å²) in [6.45, 7) is 8.22. The number of hydrogen-bond acceptors (Lipinski definition) is 0. The van der Waals surface area contributed by atoms with Gasteiger partial charge in [-0.25, -0.2) is 0 Å². The topological polar surface area (TPSA) is 0 Å². The first-order valence-electron chi connectivity index (χ1n) is 6.12. The summed E-state index contributed by atoms with van der Waals surface area (Å²) in [5.41, 5.74) is 5.17. The van der Waals surface area contributed by atoms with E-state index < -0.39 is 0 Å². The van der Waals surface area contributed by atoms with Crippen LogP contribution >= 0.6 is 0 Å². The molecule has 0 aromatic rings. The highest BCUT2D eigenvalue weighted by atomic mass is 14.1. The molecular formula is C16H20B. The molecule has 0 saturated carbocycles. The highest BCUT2D eigenvalue weighted by Gasteiger charge is 2.18. The summed E-state index contributed by atoms with van der Waals surface area (Å²) in [5.74, 6) is 0. The van der Waals surface area contributed by atoms with E-state index in [2.05, 4.69) is 83.6 Å². The summed E-state index contributed by atoms with van der Waals surface area (Å²) >= 11 is 0. The van der Waals surface area contributed by atoms with Gasteiger partial charge in [-0.2, -0.15) is 0 Å². The Morgan fingerprint density at radius 1 is 0.588 bits per heavy atom. The fourth-order valence-corrected chi connectivity index (χ4v) is 1.97. The number of allylic oxidation sites excluding steroid dienone is 12. The molecule has 1 aliphatic rings. The molecule has 1 heteroatoms. The van der Waals surface area contributed by atoms with E-state index in [1.165, 1.54) is 22.1 Å². The van der Waals surface area contributed by atoms with E-state index in [0.717, 1.165) is 0 Å². The molecule has 0 aromatic carbocycles. The van der Waals surface area contributed by atoms with Gasteiger partial charge in [-0.15, -0.1) is 0 Å². The van der Waals surface area contributed by atoms with Gasteiger partial charge >= 0.3 is 0 Å². The number of rotatable bonds is 4. The lowest BCUT2D eigenvalue weighted by molar-refractivity contribution is 1.50. The van der Waals surface area contributed by atoms with E-state index in [0.29, 0.717) is 0 Å². The molecule has 0 bridgehead atoms. The molecule has 17 heavy (non-hydrogen) atoms. The number of hydrogen-bond donors (Lipinski definition) is 0. The van der Waals surface area contributed by atoms with Crippen LogP contribution in [0.1, 0.15) is 27.7 Å². The minimum atomic E-state index is 1.28. The van der Waals surface area contributed by atoms with Gasteiger partial charge in [-0.3, -0.25) is 0 Å². The molecule has 0 aromatic heterocycles. The van der Waals surface area contributed by atoms with Crippen LogP contribution in [0.5, 0.6) is 0 Å². The first-order valence-corrected chi connectivity index (χ1v) is 6.12. The van der Waals surface area contributed by atoms with Crippen LogP contribution in [0.3, 0.4) is 0 Å². The Balaban J connectivity index is 3.28. The van der Waals surface area contributed by atoms with Crippen LogP contribution in [0, 0.1) is 0 Å². The van der Waals surface area contributed by atoms with E-state index in [4.69, 9.17) is 0 Å². The molecule has 0 fully saturated rings. The van der Waals surface area contributed by atoms with Crippen LogP contribution in [0.4, 0.5) is 0 Å². The van der Waals surface area contributed by atoms with Crippen molar-refractivity contribution in [3.63, 3.8) is 0 Å². The predicted octanol–water partition coefficient (Wildman–Crippen LogP) is 4.52. The quantitative estimate of drug-likeness (QED) is 0.615. The lowest BCUT2D eigenvalue weighted by Crippen LogP contribution is -1.92. The summed E-state index contributed by atoms with van der Waals surface area (Å²) in [6.07, 6.45) is 17.0. The van der Waals surface area contributed by atoms with Gasteiger partial charge in [0, 0.05) is 0 Å². The van der Waals surface area contributed by atoms with E-state index in [1.54, 1.807) is 0 Å². The third-order valence-corrected chi connectivity index (χ3v) is 2.58. The maximum absolute atomic E-state index is 2.24. The molecule has 0 N–H and O–H groups in total. The minimum Gasteiger partial charge on any atom is -0.0882 e. The summed E-state index contributed by atoms with van der Waals surface area (Å²) < 4.78 is 0. The molecule has 87 valence electrons. The highest BCUT2D eigenvalue weighted by molar-refractivity contribution is 6.58. The standard InChI is InChI=1S/C16H20B/c1-5-9-13-14(10-6-2)16(12-8-4)17-15(13)11-7-3/h5-12H,1-4H3/b9-5-,10-6-,11-7-,12-8-. The Hall–Kier alpha value is -1.50. The molecule has 0 nitrogen and oxygen atoms in total. The van der Waals surface area contributed by atoms with Crippen LogP contribution in [0.25, 0.3) is 0 Å². The van der Waals surface area contributed by atoms with Gasteiger partial charge in [0.15, 0.2) is 7.28 Å². The summed E-state index contributed by atoms with van der Waals surface area (Å²) in [5, 5.41) is 0. The lowest BCUT2D eigenvalue weighted by Gasteiger charge is -2.02. The SMILES string of the molecule is C/C=C\C1=C(/C=C\C)C(/C=C\C)=C(/C=C\C)[B]1. The van der Waals surface area contributed by atoms with Crippen molar-refractivity contribution in [1.29, 1.82) is 0 Å². The zero-order chi connectivity index (χ0) is 12.7. The van der Waals surface area contributed by atoms with Gasteiger partial charge in [0.1, 0.15) is 0 Å². The Labute approximate surface area is 106 Å². The maximum Gasteiger partial charge on any atom is 0.193 e. The van der Waals surface area contributed by atoms with E-state index in [-0.39, 0.29) is 0 Å². The first kappa shape index (κ1) is 13.6. The monoisotopic (exact) mass is 223 g/mol. The molecule has 1 aliphatic heterocycles. The second-order valence-electron chi connectivity index (χ2n) is 3.88. The average molecular weight is 223 g/mol. The van der Waals surface area contributed by atoms with Crippen LogP contribution < -0.4 is 0 Å². The Bertz CT molecular complexity index is 398. The Morgan fingerprint density at radius 3 is 1.24 bits per heavy atom. The summed E-state index contributed by atoms with van der Waals surface area (Å²) in [6, 6.07) is 0. The summed E-state index contributed by atoms with van der Waals surface area (Å²) in [4.78, 5) is 0. The van der Waals surface area contributed by atoms with Crippen LogP contribution in [-0.2, 0) is 0 Å². The normalized spacial score (nSPS) is 17.6. The van der Waals surface area contributed by atoms with Crippen molar-refractivity contribution in [2.75, 3.05) is 0 Å². The van der Waals surface area contributed by atoms with Crippen molar-refractivity contribution in [3.05, 3.63) is 70.7 Å². The molecule has 1 heterocycles. The molecule has 1 radical (unpaired) electrons. The van der Waals surface area contributed by atoms with Gasteiger partial charge in [-0.05, 0) is 38.8 Å². The van der Waals surface area contributed by atoms with E-state index >= 15 is 0 Å². The summed E-state index contributed by atoms with van der Waals surface area (Å²) in [7, 11) is 2.24. The third kappa shape index (κ3) is 3.23. The largest absolute Gasteiger partial charge is 0.193 e. The van der Waals surface area contributed by atoms with Crippen LogP contribution in [0.15, 0.2) is 70.7 Å². The maximum atomic E-state index is 2.24. The lowest BCUT2D eigenvalue weighted by atomic mass is 9.65. The van der Waals surface area contributed by atoms with Crippen LogP contribution in [0.2, 0.25) is 0 Å². The first-order chi connectivity index (χ1) is 8.28. The third-order valence-electron chi connectivity index (χ3n) is 2.58. The molecule has 0 unspecified atom stereocenters. The second kappa shape index (κ2) is 6.95. The second-order valence-corrected chi connectivity index (χ2v) is 3.88. The van der Waals surface area contributed by atoms with Crippen molar-refractivity contribution in [2.45, 2.75) is 27.7 Å². The molecule has 0 aliphatic carbocycles. The van der Waals surface area contributed by atoms with Gasteiger partial charge in [0.2, 0.25) is 0 Å². The van der Waals surface area contributed by atoms with Gasteiger partial charge < -0.3 is 0 Å². The average Bonchev–Trinajstić information content (AvgIpc) is 2.61. The Kier molecular flexibility index (Phi) is 5.55. The minimum absolute atomic E-state index is 1.28. The van der Waals surface area contributed by atoms with Crippen LogP contribution in [-0.4, -0.2) is 7.28 Å². The molecule has 0 amide bonds. The molecule has 1 rings (SSSR count). The van der Waals surface area contributed by atoms with Crippen molar-refractivity contribution >= 4 is 7.28 Å². The molecule has 0 saturated heterocycles. The van der Waals surface area contributed by atoms with Crippen molar-refractivity contribution < 1.29 is 0 Å². The van der Waals surface area contributed by atoms with E-state index in [9.17, 15) is 0 Å². The van der Waals surface area contributed by atoms with E-state index in [1.807, 2.05) is 0 Å². The fraction of sp³-hybridized carbons (Fsp3) is 0.250. The van der Waals surface area contributed by atoms with Crippen molar-refractivity contribution in [1.82, 2.24) is 0 Å². The highest BCUT2D eigenvalue weighted by Crippen LogP contribution is 2.30. The van der Waals surface area contributed by atoms with Gasteiger partial charge in [0.05, 0.1) is 0 Å². The zero-order valence-electron chi connectivity index (χ0n) is 11.2. The van der Waals surface area contributed by atoms with Gasteiger partial charge in [0.25, 0.3) is 0 Å². The van der Waals surface area contributed by atoms with Gasteiger partial charge in [-0.1, -0.05) is 59.6 Å². The fourth-order valence-electron chi connectivity index (χ4n) is 1.97. The Morgan fingerprint density at radius 2 is 0.941 bits per heavy atom. The van der Waals surface area contributed by atoms with Crippen molar-refractivity contribution in [3.8, 4) is 0 Å². The smallest absolute Gasteiger partial charge is 0.0882 e. The zero-order valence-corrected chi connectivity index (χ0v) is 11.2.